The summed E-state index contributed by atoms with van der Waals surface area (Å²) in [6, 6.07) is 10.8. The Morgan fingerprint density at radius 2 is 2.16 bits per heavy atom. The fourth-order valence-corrected chi connectivity index (χ4v) is 2.82. The predicted molar refractivity (Wildman–Crippen MR) is 77.1 cm³/mol. The SMILES string of the molecule is CNC(c1ccc2cccnc2c1)C(OC)C1CC1. The van der Waals surface area contributed by atoms with Gasteiger partial charge < -0.3 is 10.1 Å². The van der Waals surface area contributed by atoms with E-state index >= 15 is 0 Å². The van der Waals surface area contributed by atoms with E-state index in [1.165, 1.54) is 23.8 Å². The second kappa shape index (κ2) is 5.27. The first-order chi connectivity index (χ1) is 9.33. The lowest BCUT2D eigenvalue weighted by atomic mass is 9.97. The van der Waals surface area contributed by atoms with Gasteiger partial charge in [-0.15, -0.1) is 0 Å². The van der Waals surface area contributed by atoms with Crippen LogP contribution in [0.2, 0.25) is 0 Å². The van der Waals surface area contributed by atoms with Crippen LogP contribution in [0.1, 0.15) is 24.4 Å². The second-order valence-corrected chi connectivity index (χ2v) is 5.26. The number of methoxy groups -OCH3 is 1. The number of benzene rings is 1. The molecule has 3 heteroatoms. The van der Waals surface area contributed by atoms with Gasteiger partial charge in [0.05, 0.1) is 17.7 Å². The normalized spacial score (nSPS) is 18.4. The Hall–Kier alpha value is -1.45. The number of fused-ring (bicyclic) bond motifs is 1. The lowest BCUT2D eigenvalue weighted by molar-refractivity contribution is 0.0531. The molecular weight excluding hydrogens is 236 g/mol. The van der Waals surface area contributed by atoms with Crippen molar-refractivity contribution in [3.63, 3.8) is 0 Å². The zero-order valence-corrected chi connectivity index (χ0v) is 11.5. The average molecular weight is 256 g/mol. The lowest BCUT2D eigenvalue weighted by Crippen LogP contribution is -2.32. The van der Waals surface area contributed by atoms with Gasteiger partial charge in [0.15, 0.2) is 0 Å². The first-order valence-electron chi connectivity index (χ1n) is 6.88. The minimum atomic E-state index is 0.240. The lowest BCUT2D eigenvalue weighted by Gasteiger charge is -2.26. The van der Waals surface area contributed by atoms with Crippen LogP contribution in [0.3, 0.4) is 0 Å². The number of hydrogen-bond acceptors (Lipinski definition) is 3. The van der Waals surface area contributed by atoms with Crippen LogP contribution < -0.4 is 5.32 Å². The third-order valence-corrected chi connectivity index (χ3v) is 3.99. The number of nitrogens with zero attached hydrogens (tertiary/aromatic N) is 1. The summed E-state index contributed by atoms with van der Waals surface area (Å²) < 4.78 is 5.71. The minimum Gasteiger partial charge on any atom is -0.379 e. The van der Waals surface area contributed by atoms with Crippen LogP contribution in [0.25, 0.3) is 10.9 Å². The van der Waals surface area contributed by atoms with Gasteiger partial charge in [0.1, 0.15) is 0 Å². The largest absolute Gasteiger partial charge is 0.379 e. The number of aromatic nitrogens is 1. The molecule has 1 heterocycles. The Bertz CT molecular complexity index is 565. The summed E-state index contributed by atoms with van der Waals surface area (Å²) in [4.78, 5) is 4.44. The molecule has 2 atom stereocenters. The third-order valence-electron chi connectivity index (χ3n) is 3.99. The van der Waals surface area contributed by atoms with Crippen LogP contribution in [0, 0.1) is 5.92 Å². The quantitative estimate of drug-likeness (QED) is 0.893. The van der Waals surface area contributed by atoms with Crippen molar-refractivity contribution in [1.29, 1.82) is 0 Å². The molecule has 1 N–H and O–H groups in total. The van der Waals surface area contributed by atoms with Crippen molar-refractivity contribution in [2.75, 3.05) is 14.2 Å². The van der Waals surface area contributed by atoms with Gasteiger partial charge in [-0.3, -0.25) is 4.98 Å². The van der Waals surface area contributed by atoms with E-state index in [0.29, 0.717) is 5.92 Å². The Morgan fingerprint density at radius 1 is 1.32 bits per heavy atom. The van der Waals surface area contributed by atoms with Gasteiger partial charge in [-0.25, -0.2) is 0 Å². The highest BCUT2D eigenvalue weighted by molar-refractivity contribution is 5.79. The standard InChI is InChI=1S/C16H20N2O/c1-17-15(16(19-2)12-6-7-12)13-8-5-11-4-3-9-18-14(11)10-13/h3-5,8-10,12,15-17H,6-7H2,1-2H3. The van der Waals surface area contributed by atoms with E-state index in [9.17, 15) is 0 Å². The van der Waals surface area contributed by atoms with Crippen LogP contribution in [-0.4, -0.2) is 25.2 Å². The van der Waals surface area contributed by atoms with Crippen LogP contribution in [0.4, 0.5) is 0 Å². The summed E-state index contributed by atoms with van der Waals surface area (Å²) in [6.07, 6.45) is 4.66. The molecule has 0 spiro atoms. The molecule has 1 fully saturated rings. The van der Waals surface area contributed by atoms with E-state index in [2.05, 4.69) is 34.6 Å². The molecule has 0 aliphatic heterocycles. The summed E-state index contributed by atoms with van der Waals surface area (Å²) in [5.74, 6) is 0.696. The van der Waals surface area contributed by atoms with Crippen molar-refractivity contribution >= 4 is 10.9 Å². The first kappa shape index (κ1) is 12.6. The van der Waals surface area contributed by atoms with E-state index < -0.39 is 0 Å². The highest BCUT2D eigenvalue weighted by Crippen LogP contribution is 2.39. The fourth-order valence-electron chi connectivity index (χ4n) is 2.82. The topological polar surface area (TPSA) is 34.2 Å². The monoisotopic (exact) mass is 256 g/mol. The summed E-state index contributed by atoms with van der Waals surface area (Å²) in [5.41, 5.74) is 2.30. The number of likely N-dealkylation sites (N-methyl/N-ethyl adjacent to an activating group) is 1. The van der Waals surface area contributed by atoms with Gasteiger partial charge >= 0.3 is 0 Å². The molecule has 2 aromatic rings. The number of ether oxygens (including phenoxy) is 1. The van der Waals surface area contributed by atoms with Crippen LogP contribution in [0.15, 0.2) is 36.5 Å². The van der Waals surface area contributed by atoms with E-state index in [1.807, 2.05) is 26.4 Å². The molecule has 3 rings (SSSR count). The van der Waals surface area contributed by atoms with Crippen LogP contribution in [0.5, 0.6) is 0 Å². The molecule has 2 unspecified atom stereocenters. The summed E-state index contributed by atoms with van der Waals surface area (Å²) in [5, 5.41) is 4.58. The molecule has 0 amide bonds. The molecular formula is C16H20N2O. The Morgan fingerprint density at radius 3 is 2.84 bits per heavy atom. The molecule has 1 aromatic heterocycles. The van der Waals surface area contributed by atoms with Gasteiger partial charge in [0, 0.05) is 18.7 Å². The number of hydrogen-bond donors (Lipinski definition) is 1. The van der Waals surface area contributed by atoms with E-state index in [0.717, 1.165) is 5.52 Å². The van der Waals surface area contributed by atoms with Crippen molar-refractivity contribution in [3.05, 3.63) is 42.1 Å². The molecule has 19 heavy (non-hydrogen) atoms. The number of pyridine rings is 1. The average Bonchev–Trinajstić information content (AvgIpc) is 3.28. The van der Waals surface area contributed by atoms with E-state index in [-0.39, 0.29) is 12.1 Å². The Balaban J connectivity index is 1.95. The molecule has 1 aromatic carbocycles. The van der Waals surface area contributed by atoms with Gasteiger partial charge in [0.2, 0.25) is 0 Å². The maximum Gasteiger partial charge on any atom is 0.0793 e. The maximum atomic E-state index is 5.71. The van der Waals surface area contributed by atoms with Gasteiger partial charge in [-0.1, -0.05) is 18.2 Å². The zero-order chi connectivity index (χ0) is 13.2. The molecule has 3 nitrogen and oxygen atoms in total. The van der Waals surface area contributed by atoms with Crippen molar-refractivity contribution in [2.45, 2.75) is 25.0 Å². The minimum absolute atomic E-state index is 0.240. The Labute approximate surface area is 114 Å². The Kier molecular flexibility index (Phi) is 3.49. The highest BCUT2D eigenvalue weighted by atomic mass is 16.5. The molecule has 1 saturated carbocycles. The summed E-state index contributed by atoms with van der Waals surface area (Å²) in [7, 11) is 3.81. The first-order valence-corrected chi connectivity index (χ1v) is 6.88. The smallest absolute Gasteiger partial charge is 0.0793 e. The van der Waals surface area contributed by atoms with Crippen molar-refractivity contribution in [2.24, 2.45) is 5.92 Å². The van der Waals surface area contributed by atoms with E-state index in [1.54, 1.807) is 0 Å². The van der Waals surface area contributed by atoms with Crippen molar-refractivity contribution in [1.82, 2.24) is 10.3 Å². The fraction of sp³-hybridized carbons (Fsp3) is 0.438. The molecule has 100 valence electrons. The van der Waals surface area contributed by atoms with Gasteiger partial charge in [-0.2, -0.15) is 0 Å². The number of rotatable bonds is 5. The molecule has 1 aliphatic rings. The molecule has 0 radical (unpaired) electrons. The second-order valence-electron chi connectivity index (χ2n) is 5.26. The zero-order valence-electron chi connectivity index (χ0n) is 11.5. The number of nitrogens with one attached hydrogen (secondary N) is 1. The van der Waals surface area contributed by atoms with Crippen LogP contribution in [-0.2, 0) is 4.74 Å². The van der Waals surface area contributed by atoms with Gasteiger partial charge in [-0.05, 0) is 43.5 Å². The predicted octanol–water partition coefficient (Wildman–Crippen LogP) is 2.92. The summed E-state index contributed by atoms with van der Waals surface area (Å²) >= 11 is 0. The third kappa shape index (κ3) is 2.48. The van der Waals surface area contributed by atoms with Crippen molar-refractivity contribution < 1.29 is 4.74 Å². The highest BCUT2D eigenvalue weighted by Gasteiger charge is 2.36. The molecule has 0 bridgehead atoms. The molecule has 1 aliphatic carbocycles. The van der Waals surface area contributed by atoms with Gasteiger partial charge in [0.25, 0.3) is 0 Å². The van der Waals surface area contributed by atoms with Crippen molar-refractivity contribution in [3.8, 4) is 0 Å². The molecule has 0 saturated heterocycles. The van der Waals surface area contributed by atoms with Crippen LogP contribution >= 0.6 is 0 Å². The van der Waals surface area contributed by atoms with E-state index in [4.69, 9.17) is 4.74 Å². The summed E-state index contributed by atoms with van der Waals surface area (Å²) in [6.45, 7) is 0. The maximum absolute atomic E-state index is 5.71.